The van der Waals surface area contributed by atoms with E-state index < -0.39 is 9.84 Å². The van der Waals surface area contributed by atoms with Crippen LogP contribution in [0, 0.1) is 0 Å². The van der Waals surface area contributed by atoms with Crippen LogP contribution in [0.3, 0.4) is 0 Å². The summed E-state index contributed by atoms with van der Waals surface area (Å²) < 4.78 is 30.2. The Hall–Kier alpha value is -0.910. The maximum atomic E-state index is 12.9. The van der Waals surface area contributed by atoms with Crippen molar-refractivity contribution in [2.24, 2.45) is 0 Å². The molecular formula is C16H24N4O4S3. The molecule has 4 rings (SSSR count). The highest BCUT2D eigenvalue weighted by atomic mass is 32.2. The van der Waals surface area contributed by atoms with Crippen LogP contribution < -0.4 is 5.32 Å². The van der Waals surface area contributed by atoms with Gasteiger partial charge in [0.05, 0.1) is 23.4 Å². The van der Waals surface area contributed by atoms with Gasteiger partial charge in [0, 0.05) is 25.2 Å². The molecular weight excluding hydrogens is 408 g/mol. The minimum absolute atomic E-state index is 0.0122. The third-order valence-corrected chi connectivity index (χ3v) is 8.75. The maximum Gasteiger partial charge on any atom is 0.233 e. The third kappa shape index (κ3) is 5.33. The van der Waals surface area contributed by atoms with Gasteiger partial charge in [-0.05, 0) is 32.1 Å². The zero-order chi connectivity index (χ0) is 18.9. The highest BCUT2D eigenvalue weighted by molar-refractivity contribution is 8.01. The van der Waals surface area contributed by atoms with Crippen LogP contribution in [0.1, 0.15) is 32.1 Å². The molecule has 1 aromatic heterocycles. The lowest BCUT2D eigenvalue weighted by Gasteiger charge is -2.30. The quantitative estimate of drug-likeness (QED) is 0.615. The number of carbonyl (C=O) groups is 1. The predicted molar refractivity (Wildman–Crippen MR) is 105 cm³/mol. The first kappa shape index (κ1) is 19.4. The van der Waals surface area contributed by atoms with Crippen LogP contribution in [0.2, 0.25) is 0 Å². The largest absolute Gasteiger partial charge is 0.376 e. The molecule has 0 bridgehead atoms. The van der Waals surface area contributed by atoms with Gasteiger partial charge >= 0.3 is 0 Å². The molecule has 0 radical (unpaired) electrons. The monoisotopic (exact) mass is 432 g/mol. The molecule has 2 atom stereocenters. The first-order valence-electron chi connectivity index (χ1n) is 9.33. The Morgan fingerprint density at radius 1 is 1.30 bits per heavy atom. The zero-order valence-electron chi connectivity index (χ0n) is 15.0. The summed E-state index contributed by atoms with van der Waals surface area (Å²) in [7, 11) is -3.05. The highest BCUT2D eigenvalue weighted by Gasteiger charge is 2.36. The molecule has 1 aliphatic carbocycles. The van der Waals surface area contributed by atoms with Gasteiger partial charge in [-0.1, -0.05) is 23.1 Å². The Labute approximate surface area is 167 Å². The number of amides is 1. The smallest absolute Gasteiger partial charge is 0.233 e. The summed E-state index contributed by atoms with van der Waals surface area (Å²) in [4.78, 5) is 14.6. The van der Waals surface area contributed by atoms with Crippen LogP contribution >= 0.6 is 23.1 Å². The van der Waals surface area contributed by atoms with Gasteiger partial charge in [-0.15, -0.1) is 10.2 Å². The van der Waals surface area contributed by atoms with Gasteiger partial charge in [-0.25, -0.2) is 8.42 Å². The fourth-order valence-corrected chi connectivity index (χ4v) is 6.86. The number of anilines is 1. The molecule has 27 heavy (non-hydrogen) atoms. The molecule has 150 valence electrons. The van der Waals surface area contributed by atoms with Gasteiger partial charge in [-0.2, -0.15) is 0 Å². The van der Waals surface area contributed by atoms with Gasteiger partial charge in [0.15, 0.2) is 14.2 Å². The average Bonchev–Trinajstić information content (AvgIpc) is 3.01. The Morgan fingerprint density at radius 3 is 2.81 bits per heavy atom. The molecule has 3 aliphatic rings. The van der Waals surface area contributed by atoms with Crippen molar-refractivity contribution < 1.29 is 17.9 Å². The predicted octanol–water partition coefficient (Wildman–Crippen LogP) is 1.40. The molecule has 3 fully saturated rings. The van der Waals surface area contributed by atoms with Crippen molar-refractivity contribution in [2.45, 2.75) is 54.6 Å². The average molecular weight is 433 g/mol. The van der Waals surface area contributed by atoms with Crippen molar-refractivity contribution in [3.63, 3.8) is 0 Å². The van der Waals surface area contributed by atoms with Crippen molar-refractivity contribution in [3.8, 4) is 0 Å². The molecule has 3 heterocycles. The van der Waals surface area contributed by atoms with Gasteiger partial charge < -0.3 is 15.0 Å². The number of aromatic nitrogens is 2. The van der Waals surface area contributed by atoms with Crippen molar-refractivity contribution in [3.05, 3.63) is 0 Å². The van der Waals surface area contributed by atoms with Gasteiger partial charge in [-0.3, -0.25) is 4.79 Å². The maximum absolute atomic E-state index is 12.9. The molecule has 1 amide bonds. The first-order chi connectivity index (χ1) is 13.0. The second kappa shape index (κ2) is 8.22. The molecule has 2 aliphatic heterocycles. The van der Waals surface area contributed by atoms with Crippen LogP contribution in [-0.4, -0.2) is 78.0 Å². The summed E-state index contributed by atoms with van der Waals surface area (Å²) in [5, 5.41) is 12.3. The Balaban J connectivity index is 1.36. The summed E-state index contributed by atoms with van der Waals surface area (Å²) in [5.74, 6) is 0.405. The molecule has 0 unspecified atom stereocenters. The second-order valence-corrected chi connectivity index (χ2v) is 11.7. The number of nitrogens with one attached hydrogen (secondary N) is 1. The fourth-order valence-electron chi connectivity index (χ4n) is 3.42. The summed E-state index contributed by atoms with van der Waals surface area (Å²) in [6, 6.07) is 0.275. The lowest BCUT2D eigenvalue weighted by Crippen LogP contribution is -2.46. The number of ether oxygens (including phenoxy) is 1. The molecule has 2 saturated heterocycles. The van der Waals surface area contributed by atoms with E-state index >= 15 is 0 Å². The standard InChI is InChI=1S/C16H24N4O4S3/c21-14(9-25-16-19-18-15(26-16)17-11-3-4-11)20(8-13-2-1-6-24-13)12-5-7-27(22,23)10-12/h11-13H,1-10H2,(H,17,18)/t12-,13+/m0/s1. The Kier molecular flexibility index (Phi) is 5.91. The fraction of sp³-hybridized carbons (Fsp3) is 0.812. The van der Waals surface area contributed by atoms with Crippen LogP contribution in [0.5, 0.6) is 0 Å². The number of rotatable bonds is 8. The van der Waals surface area contributed by atoms with Crippen molar-refractivity contribution in [2.75, 3.05) is 35.7 Å². The van der Waals surface area contributed by atoms with E-state index in [-0.39, 0.29) is 35.3 Å². The van der Waals surface area contributed by atoms with Crippen LogP contribution in [0.15, 0.2) is 4.34 Å². The van der Waals surface area contributed by atoms with Crippen LogP contribution in [-0.2, 0) is 19.4 Å². The molecule has 1 N–H and O–H groups in total. The molecule has 11 heteroatoms. The van der Waals surface area contributed by atoms with E-state index in [4.69, 9.17) is 4.74 Å². The Morgan fingerprint density at radius 2 is 2.15 bits per heavy atom. The summed E-state index contributed by atoms with van der Waals surface area (Å²) in [6.07, 6.45) is 4.78. The van der Waals surface area contributed by atoms with E-state index in [9.17, 15) is 13.2 Å². The van der Waals surface area contributed by atoms with E-state index in [1.165, 1.54) is 35.9 Å². The summed E-state index contributed by atoms with van der Waals surface area (Å²) in [5.41, 5.74) is 0. The van der Waals surface area contributed by atoms with Gasteiger partial charge in [0.2, 0.25) is 11.0 Å². The van der Waals surface area contributed by atoms with E-state index in [0.29, 0.717) is 25.6 Å². The van der Waals surface area contributed by atoms with Crippen molar-refractivity contribution in [1.82, 2.24) is 15.1 Å². The number of carbonyl (C=O) groups excluding carboxylic acids is 1. The topological polar surface area (TPSA) is 101 Å². The highest BCUT2D eigenvalue weighted by Crippen LogP contribution is 2.31. The molecule has 8 nitrogen and oxygen atoms in total. The number of nitrogens with zero attached hydrogens (tertiary/aromatic N) is 3. The zero-order valence-corrected chi connectivity index (χ0v) is 17.5. The van der Waals surface area contributed by atoms with Crippen LogP contribution in [0.25, 0.3) is 0 Å². The van der Waals surface area contributed by atoms with E-state index in [1.807, 2.05) is 0 Å². The first-order valence-corrected chi connectivity index (χ1v) is 13.0. The third-order valence-electron chi connectivity index (χ3n) is 5.02. The SMILES string of the molecule is O=C(CSc1nnc(NC2CC2)s1)N(C[C@H]1CCCO1)[C@H]1CCS(=O)(=O)C1. The number of sulfone groups is 1. The molecule has 1 aromatic rings. The Bertz CT molecular complexity index is 774. The number of hydrogen-bond acceptors (Lipinski definition) is 9. The van der Waals surface area contributed by atoms with Crippen LogP contribution in [0.4, 0.5) is 5.13 Å². The van der Waals surface area contributed by atoms with E-state index in [1.54, 1.807) is 4.90 Å². The lowest BCUT2D eigenvalue weighted by atomic mass is 10.1. The normalized spacial score (nSPS) is 27.0. The van der Waals surface area contributed by atoms with E-state index in [2.05, 4.69) is 15.5 Å². The second-order valence-electron chi connectivity index (χ2n) is 7.32. The minimum Gasteiger partial charge on any atom is -0.376 e. The molecule has 1 saturated carbocycles. The molecule has 0 aromatic carbocycles. The lowest BCUT2D eigenvalue weighted by molar-refractivity contribution is -0.131. The number of hydrogen-bond donors (Lipinski definition) is 1. The molecule has 0 spiro atoms. The minimum atomic E-state index is -3.05. The van der Waals surface area contributed by atoms with Gasteiger partial charge in [0.25, 0.3) is 0 Å². The number of thioether (sulfide) groups is 1. The summed E-state index contributed by atoms with van der Waals surface area (Å²) in [6.45, 7) is 1.19. The van der Waals surface area contributed by atoms with Gasteiger partial charge in [0.1, 0.15) is 0 Å². The summed E-state index contributed by atoms with van der Waals surface area (Å²) >= 11 is 2.82. The van der Waals surface area contributed by atoms with Crippen molar-refractivity contribution in [1.29, 1.82) is 0 Å². The van der Waals surface area contributed by atoms with E-state index in [0.717, 1.165) is 22.3 Å². The van der Waals surface area contributed by atoms with Crippen molar-refractivity contribution >= 4 is 44.0 Å².